The van der Waals surface area contributed by atoms with Gasteiger partial charge in [0.15, 0.2) is 0 Å². The van der Waals surface area contributed by atoms with Crippen LogP contribution in [0.1, 0.15) is 11.1 Å². The van der Waals surface area contributed by atoms with E-state index in [4.69, 9.17) is 27.3 Å². The number of hydrogen-bond donors (Lipinski definition) is 1. The Morgan fingerprint density at radius 2 is 2.00 bits per heavy atom. The third kappa shape index (κ3) is 4.85. The molecule has 2 N–H and O–H groups in total. The zero-order chi connectivity index (χ0) is 16.8. The molecule has 0 spiro atoms. The monoisotopic (exact) mass is 390 g/mol. The molecule has 0 saturated heterocycles. The van der Waals surface area contributed by atoms with Gasteiger partial charge in [0, 0.05) is 15.1 Å². The highest BCUT2D eigenvalue weighted by Crippen LogP contribution is 2.26. The predicted octanol–water partition coefficient (Wildman–Crippen LogP) is 4.07. The minimum atomic E-state index is -0.781. The van der Waals surface area contributed by atoms with E-state index in [1.807, 2.05) is 18.2 Å². The number of amides is 1. The Hall–Kier alpha value is -2.29. The lowest BCUT2D eigenvalue weighted by atomic mass is 10.1. The Morgan fingerprint density at radius 1 is 1.30 bits per heavy atom. The summed E-state index contributed by atoms with van der Waals surface area (Å²) in [6, 6.07) is 14.4. The second-order valence-corrected chi connectivity index (χ2v) is 5.98. The highest BCUT2D eigenvalue weighted by Gasteiger charge is 2.08. The number of carbonyl (C=O) groups is 1. The van der Waals surface area contributed by atoms with Crippen molar-refractivity contribution in [1.29, 1.82) is 5.26 Å². The van der Waals surface area contributed by atoms with Crippen LogP contribution in [0.4, 0.5) is 0 Å². The number of nitriles is 1. The van der Waals surface area contributed by atoms with Crippen molar-refractivity contribution < 1.29 is 9.53 Å². The van der Waals surface area contributed by atoms with Gasteiger partial charge in [0.2, 0.25) is 0 Å². The molecule has 0 saturated carbocycles. The Balaban J connectivity index is 2.27. The van der Waals surface area contributed by atoms with Crippen molar-refractivity contribution >= 4 is 39.5 Å². The van der Waals surface area contributed by atoms with Gasteiger partial charge < -0.3 is 10.5 Å². The zero-order valence-corrected chi connectivity index (χ0v) is 14.3. The predicted molar refractivity (Wildman–Crippen MR) is 92.7 cm³/mol. The number of nitrogens with zero attached hydrogens (tertiary/aromatic N) is 1. The molecular formula is C17H12BrClN2O2. The molecular weight excluding hydrogens is 380 g/mol. The fourth-order valence-electron chi connectivity index (χ4n) is 1.82. The number of primary amides is 1. The first-order chi connectivity index (χ1) is 11.0. The van der Waals surface area contributed by atoms with E-state index in [0.717, 1.165) is 10.0 Å². The van der Waals surface area contributed by atoms with Crippen LogP contribution in [0.15, 0.2) is 52.5 Å². The Bertz CT molecular complexity index is 795. The molecule has 1 amide bonds. The van der Waals surface area contributed by atoms with Crippen LogP contribution in [0.2, 0.25) is 5.02 Å². The lowest BCUT2D eigenvalue weighted by Gasteiger charge is -2.10. The molecule has 2 aromatic rings. The van der Waals surface area contributed by atoms with Gasteiger partial charge in [-0.1, -0.05) is 39.7 Å². The van der Waals surface area contributed by atoms with E-state index in [1.165, 1.54) is 6.08 Å². The van der Waals surface area contributed by atoms with E-state index in [2.05, 4.69) is 15.9 Å². The molecule has 0 fully saturated rings. The van der Waals surface area contributed by atoms with E-state index >= 15 is 0 Å². The molecule has 4 nitrogen and oxygen atoms in total. The standard InChI is InChI=1S/C17H12BrClN2O2/c18-14-3-6-16(12(8-14)7-13(9-20)17(21)22)23-10-11-1-4-15(19)5-2-11/h1-8H,10H2,(H2,21,22)/b13-7+. The summed E-state index contributed by atoms with van der Waals surface area (Å²) in [5, 5.41) is 9.62. The fourth-order valence-corrected chi connectivity index (χ4v) is 2.32. The van der Waals surface area contributed by atoms with E-state index in [0.29, 0.717) is 22.9 Å². The summed E-state index contributed by atoms with van der Waals surface area (Å²) in [5.41, 5.74) is 6.56. The number of rotatable bonds is 5. The molecule has 0 radical (unpaired) electrons. The fraction of sp³-hybridized carbons (Fsp3) is 0.0588. The van der Waals surface area contributed by atoms with Crippen molar-refractivity contribution in [3.63, 3.8) is 0 Å². The number of ether oxygens (including phenoxy) is 1. The van der Waals surface area contributed by atoms with Gasteiger partial charge in [-0.05, 0) is 42.0 Å². The van der Waals surface area contributed by atoms with Crippen molar-refractivity contribution in [1.82, 2.24) is 0 Å². The van der Waals surface area contributed by atoms with Gasteiger partial charge in [-0.25, -0.2) is 0 Å². The van der Waals surface area contributed by atoms with Crippen molar-refractivity contribution in [2.45, 2.75) is 6.61 Å². The van der Waals surface area contributed by atoms with Crippen molar-refractivity contribution in [2.75, 3.05) is 0 Å². The molecule has 0 aromatic heterocycles. The van der Waals surface area contributed by atoms with Crippen LogP contribution < -0.4 is 10.5 Å². The highest BCUT2D eigenvalue weighted by atomic mass is 79.9. The van der Waals surface area contributed by atoms with Crippen LogP contribution in [-0.2, 0) is 11.4 Å². The molecule has 0 aliphatic carbocycles. The highest BCUT2D eigenvalue weighted by molar-refractivity contribution is 9.10. The summed E-state index contributed by atoms with van der Waals surface area (Å²) in [6.45, 7) is 0.331. The van der Waals surface area contributed by atoms with Crippen LogP contribution in [0.3, 0.4) is 0 Å². The van der Waals surface area contributed by atoms with E-state index < -0.39 is 5.91 Å². The average Bonchev–Trinajstić information content (AvgIpc) is 2.53. The first-order valence-electron chi connectivity index (χ1n) is 6.58. The second-order valence-electron chi connectivity index (χ2n) is 4.63. The molecule has 0 heterocycles. The largest absolute Gasteiger partial charge is 0.488 e. The molecule has 2 rings (SSSR count). The van der Waals surface area contributed by atoms with Gasteiger partial charge in [-0.2, -0.15) is 5.26 Å². The van der Waals surface area contributed by atoms with Gasteiger partial charge in [-0.15, -0.1) is 0 Å². The van der Waals surface area contributed by atoms with Crippen molar-refractivity contribution in [3.8, 4) is 11.8 Å². The summed E-state index contributed by atoms with van der Waals surface area (Å²) in [7, 11) is 0. The molecule has 0 atom stereocenters. The second kappa shape index (κ2) is 7.82. The summed E-state index contributed by atoms with van der Waals surface area (Å²) in [6.07, 6.45) is 1.41. The zero-order valence-electron chi connectivity index (χ0n) is 11.9. The molecule has 0 unspecified atom stereocenters. The van der Waals surface area contributed by atoms with Crippen LogP contribution in [-0.4, -0.2) is 5.91 Å². The lowest BCUT2D eigenvalue weighted by Crippen LogP contribution is -2.12. The number of carbonyl (C=O) groups excluding carboxylic acids is 1. The topological polar surface area (TPSA) is 76.1 Å². The smallest absolute Gasteiger partial charge is 0.259 e. The molecule has 0 aliphatic heterocycles. The van der Waals surface area contributed by atoms with Crippen LogP contribution in [0.5, 0.6) is 5.75 Å². The summed E-state index contributed by atoms with van der Waals surface area (Å²) < 4.78 is 6.57. The Kier molecular flexibility index (Phi) is 5.80. The van der Waals surface area contributed by atoms with E-state index in [9.17, 15) is 4.79 Å². The van der Waals surface area contributed by atoms with Crippen LogP contribution >= 0.6 is 27.5 Å². The number of hydrogen-bond acceptors (Lipinski definition) is 3. The minimum absolute atomic E-state index is 0.139. The molecule has 23 heavy (non-hydrogen) atoms. The van der Waals surface area contributed by atoms with Gasteiger partial charge in [0.05, 0.1) is 0 Å². The first kappa shape index (κ1) is 17.1. The maximum Gasteiger partial charge on any atom is 0.259 e. The third-order valence-corrected chi connectivity index (χ3v) is 3.71. The Labute approximate surface area is 147 Å². The SMILES string of the molecule is N#C/C(=C\c1cc(Br)ccc1OCc1ccc(Cl)cc1)C(N)=O. The maximum atomic E-state index is 11.2. The van der Waals surface area contributed by atoms with Crippen LogP contribution in [0, 0.1) is 11.3 Å². The Morgan fingerprint density at radius 3 is 2.61 bits per heavy atom. The molecule has 6 heteroatoms. The van der Waals surface area contributed by atoms with Gasteiger partial charge in [-0.3, -0.25) is 4.79 Å². The number of benzene rings is 2. The number of nitrogens with two attached hydrogens (primary N) is 1. The molecule has 0 bridgehead atoms. The summed E-state index contributed by atoms with van der Waals surface area (Å²) in [4.78, 5) is 11.2. The van der Waals surface area contributed by atoms with E-state index in [-0.39, 0.29) is 5.57 Å². The quantitative estimate of drug-likeness (QED) is 0.616. The molecule has 116 valence electrons. The number of halogens is 2. The van der Waals surface area contributed by atoms with Crippen molar-refractivity contribution in [3.05, 3.63) is 68.7 Å². The summed E-state index contributed by atoms with van der Waals surface area (Å²) >= 11 is 9.20. The molecule has 2 aromatic carbocycles. The summed E-state index contributed by atoms with van der Waals surface area (Å²) in [5.74, 6) is -0.242. The van der Waals surface area contributed by atoms with Gasteiger partial charge in [0.1, 0.15) is 24.0 Å². The minimum Gasteiger partial charge on any atom is -0.488 e. The van der Waals surface area contributed by atoms with Crippen molar-refractivity contribution in [2.24, 2.45) is 5.73 Å². The average molecular weight is 392 g/mol. The van der Waals surface area contributed by atoms with Crippen LogP contribution in [0.25, 0.3) is 6.08 Å². The van der Waals surface area contributed by atoms with E-state index in [1.54, 1.807) is 30.3 Å². The third-order valence-electron chi connectivity index (χ3n) is 2.97. The lowest BCUT2D eigenvalue weighted by molar-refractivity contribution is -0.114. The normalized spacial score (nSPS) is 10.9. The first-order valence-corrected chi connectivity index (χ1v) is 7.75. The molecule has 0 aliphatic rings. The van der Waals surface area contributed by atoms with Gasteiger partial charge >= 0.3 is 0 Å². The maximum absolute atomic E-state index is 11.2. The van der Waals surface area contributed by atoms with Gasteiger partial charge in [0.25, 0.3) is 5.91 Å².